The molecule has 0 aliphatic carbocycles. The minimum atomic E-state index is -0.804. The van der Waals surface area contributed by atoms with Gasteiger partial charge in [-0.1, -0.05) is 71.9 Å². The average molecular weight is 650 g/mol. The number of ketones is 1. The summed E-state index contributed by atoms with van der Waals surface area (Å²) in [6.07, 6.45) is -0.295. The number of benzene rings is 3. The van der Waals surface area contributed by atoms with Gasteiger partial charge in [-0.2, -0.15) is 5.01 Å². The van der Waals surface area contributed by atoms with Crippen molar-refractivity contribution < 1.29 is 19.2 Å². The van der Waals surface area contributed by atoms with Crippen LogP contribution in [0.25, 0.3) is 10.2 Å². The molecule has 2 atom stereocenters. The Bertz CT molecular complexity index is 1900. The maximum Gasteiger partial charge on any atom is 0.331 e. The van der Waals surface area contributed by atoms with Crippen molar-refractivity contribution in [3.8, 4) is 11.8 Å². The lowest BCUT2D eigenvalue weighted by Gasteiger charge is -2.47. The molecular formula is C35H35N7O4S. The lowest BCUT2D eigenvalue weighted by atomic mass is 9.99. The first kappa shape index (κ1) is 31.7. The number of para-hydroxylation sites is 1. The fraction of sp³-hybridized carbons (Fsp3) is 0.286. The van der Waals surface area contributed by atoms with E-state index in [1.54, 1.807) is 63.3 Å². The van der Waals surface area contributed by atoms with Crippen molar-refractivity contribution >= 4 is 50.3 Å². The molecular weight excluding hydrogens is 614 g/mol. The number of anilines is 1. The molecule has 0 radical (unpaired) electrons. The summed E-state index contributed by atoms with van der Waals surface area (Å²) in [7, 11) is 1.55. The Morgan fingerprint density at radius 2 is 1.81 bits per heavy atom. The van der Waals surface area contributed by atoms with Gasteiger partial charge in [0.15, 0.2) is 5.13 Å². The van der Waals surface area contributed by atoms with Crippen LogP contribution in [0, 0.1) is 11.8 Å². The summed E-state index contributed by atoms with van der Waals surface area (Å²) in [5.74, 6) is 4.92. The number of amides is 4. The van der Waals surface area contributed by atoms with Gasteiger partial charge in [-0.15, -0.1) is 0 Å². The van der Waals surface area contributed by atoms with Crippen molar-refractivity contribution in [2.24, 2.45) is 0 Å². The Morgan fingerprint density at radius 3 is 2.51 bits per heavy atom. The van der Waals surface area contributed by atoms with E-state index in [4.69, 9.17) is 5.73 Å². The second kappa shape index (κ2) is 13.2. The topological polar surface area (TPSA) is 132 Å². The summed E-state index contributed by atoms with van der Waals surface area (Å²) in [5, 5.41) is 6.45. The smallest absolute Gasteiger partial charge is 0.331 e. The van der Waals surface area contributed by atoms with Crippen LogP contribution in [0.15, 0.2) is 72.8 Å². The van der Waals surface area contributed by atoms with Gasteiger partial charge in [0.2, 0.25) is 17.6 Å². The molecule has 2 aliphatic heterocycles. The first-order chi connectivity index (χ1) is 22.6. The molecule has 0 spiro atoms. The van der Waals surface area contributed by atoms with E-state index in [2.05, 4.69) is 22.1 Å². The molecule has 11 nitrogen and oxygen atoms in total. The number of fused-ring (bicyclic) bond motifs is 2. The van der Waals surface area contributed by atoms with Crippen molar-refractivity contribution in [3.05, 3.63) is 95.1 Å². The molecule has 12 heteroatoms. The van der Waals surface area contributed by atoms with E-state index in [1.165, 1.54) is 11.3 Å². The van der Waals surface area contributed by atoms with Crippen LogP contribution < -0.4 is 11.1 Å². The zero-order valence-corrected chi connectivity index (χ0v) is 27.2. The molecule has 47 heavy (non-hydrogen) atoms. The van der Waals surface area contributed by atoms with Crippen molar-refractivity contribution in [3.63, 3.8) is 0 Å². The monoisotopic (exact) mass is 649 g/mol. The van der Waals surface area contributed by atoms with E-state index in [0.717, 1.165) is 21.3 Å². The van der Waals surface area contributed by atoms with Crippen LogP contribution >= 0.6 is 11.3 Å². The van der Waals surface area contributed by atoms with Gasteiger partial charge < -0.3 is 20.9 Å². The Hall–Kier alpha value is -5.25. The van der Waals surface area contributed by atoms with Crippen molar-refractivity contribution in [1.82, 2.24) is 30.1 Å². The third-order valence-electron chi connectivity index (χ3n) is 8.37. The number of hydrazine groups is 1. The first-order valence-corrected chi connectivity index (χ1v) is 16.2. The Balaban J connectivity index is 1.30. The number of piperazine rings is 1. The van der Waals surface area contributed by atoms with Gasteiger partial charge in [-0.3, -0.25) is 19.4 Å². The highest BCUT2D eigenvalue weighted by Gasteiger charge is 2.52. The van der Waals surface area contributed by atoms with E-state index >= 15 is 0 Å². The van der Waals surface area contributed by atoms with E-state index in [0.29, 0.717) is 16.3 Å². The molecule has 4 aromatic rings. The lowest BCUT2D eigenvalue weighted by Crippen LogP contribution is -2.66. The standard InChI is InChI=1S/C35H35N7O4S/c1-22(2)42(35(46)37-3)40-21-31(44)41-27(18-24-14-12-23(13-15-24)16-17-28(43)25-8-5-4-6-9-25)33(45)39(20-30(40)41)19-26-10-7-11-29-32(26)38-34(36)47-29/h4-15,22,27,30H,18-21H2,1-3H3,(H2,36,38)(H,37,46)/t27-,30+/m0/s1. The largest absolute Gasteiger partial charge is 0.375 e. The molecule has 3 aromatic carbocycles. The highest BCUT2D eigenvalue weighted by Crippen LogP contribution is 2.33. The van der Waals surface area contributed by atoms with Gasteiger partial charge in [-0.05, 0) is 49.1 Å². The van der Waals surface area contributed by atoms with Gasteiger partial charge in [0.05, 0.1) is 23.3 Å². The van der Waals surface area contributed by atoms with Crippen LogP contribution in [0.3, 0.4) is 0 Å². The molecule has 1 aromatic heterocycles. The molecule has 0 unspecified atom stereocenters. The van der Waals surface area contributed by atoms with Gasteiger partial charge in [0, 0.05) is 37.2 Å². The molecule has 2 aliphatic rings. The van der Waals surface area contributed by atoms with Crippen molar-refractivity contribution in [2.75, 3.05) is 25.9 Å². The van der Waals surface area contributed by atoms with Crippen molar-refractivity contribution in [2.45, 2.75) is 45.1 Å². The summed E-state index contributed by atoms with van der Waals surface area (Å²) in [6, 6.07) is 20.6. The normalized spacial score (nSPS) is 17.9. The summed E-state index contributed by atoms with van der Waals surface area (Å²) in [6.45, 7) is 4.22. The zero-order valence-electron chi connectivity index (χ0n) is 26.3. The van der Waals surface area contributed by atoms with E-state index < -0.39 is 12.2 Å². The molecule has 4 amide bonds. The van der Waals surface area contributed by atoms with E-state index in [-0.39, 0.29) is 55.7 Å². The summed E-state index contributed by atoms with van der Waals surface area (Å²) in [4.78, 5) is 61.2. The number of carbonyl (C=O) groups excluding carboxylic acids is 4. The molecule has 2 saturated heterocycles. The predicted molar refractivity (Wildman–Crippen MR) is 180 cm³/mol. The second-order valence-corrected chi connectivity index (χ2v) is 12.8. The van der Waals surface area contributed by atoms with Crippen molar-refractivity contribution in [1.29, 1.82) is 0 Å². The van der Waals surface area contributed by atoms with Gasteiger partial charge in [0.25, 0.3) is 0 Å². The Labute approximate surface area is 276 Å². The first-order valence-electron chi connectivity index (χ1n) is 15.4. The third kappa shape index (κ3) is 6.40. The Kier molecular flexibility index (Phi) is 8.93. The summed E-state index contributed by atoms with van der Waals surface area (Å²) >= 11 is 1.39. The number of thiazole rings is 1. The number of hydrogen-bond donors (Lipinski definition) is 2. The zero-order chi connectivity index (χ0) is 33.2. The van der Waals surface area contributed by atoms with Crippen LogP contribution in [0.5, 0.6) is 0 Å². The van der Waals surface area contributed by atoms with Crippen LogP contribution in [-0.4, -0.2) is 86.8 Å². The molecule has 2 fully saturated rings. The van der Waals surface area contributed by atoms with Gasteiger partial charge in [-0.25, -0.2) is 9.78 Å². The molecule has 6 rings (SSSR count). The maximum absolute atomic E-state index is 14.3. The number of urea groups is 1. The highest BCUT2D eigenvalue weighted by atomic mass is 32.1. The van der Waals surface area contributed by atoms with Crippen LogP contribution in [0.4, 0.5) is 9.93 Å². The molecule has 0 saturated carbocycles. The number of nitrogen functional groups attached to an aromatic ring is 1. The van der Waals surface area contributed by atoms with E-state index in [1.807, 2.05) is 50.2 Å². The highest BCUT2D eigenvalue weighted by molar-refractivity contribution is 7.22. The number of nitrogens with one attached hydrogen (secondary N) is 1. The minimum absolute atomic E-state index is 0.0317. The molecule has 240 valence electrons. The summed E-state index contributed by atoms with van der Waals surface area (Å²) in [5.41, 5.74) is 9.63. The maximum atomic E-state index is 14.3. The fourth-order valence-corrected chi connectivity index (χ4v) is 7.00. The SMILES string of the molecule is CNC(=O)N(C(C)C)N1CC(=O)N2[C@@H](Cc3ccc(C#CC(=O)c4ccccc4)cc3)C(=O)N(Cc3cccc4sc(N)nc34)C[C@@H]21. The number of carbonyl (C=O) groups is 4. The van der Waals surface area contributed by atoms with Crippen LogP contribution in [-0.2, 0) is 22.6 Å². The fourth-order valence-electron chi connectivity index (χ4n) is 6.22. The number of aromatic nitrogens is 1. The van der Waals surface area contributed by atoms with E-state index in [9.17, 15) is 19.2 Å². The predicted octanol–water partition coefficient (Wildman–Crippen LogP) is 3.50. The van der Waals surface area contributed by atoms with Crippen LogP contribution in [0.1, 0.15) is 40.9 Å². The lowest BCUT2D eigenvalue weighted by molar-refractivity contribution is -0.158. The van der Waals surface area contributed by atoms with Crippen LogP contribution in [0.2, 0.25) is 0 Å². The molecule has 0 bridgehead atoms. The third-order valence-corrected chi connectivity index (χ3v) is 9.22. The number of Topliss-reactive ketones (excluding diaryl/α,β-unsaturated/α-hetero) is 1. The number of hydrogen-bond acceptors (Lipinski definition) is 8. The number of nitrogens with zero attached hydrogens (tertiary/aromatic N) is 5. The molecule has 3 N–H and O–H groups in total. The average Bonchev–Trinajstić information content (AvgIpc) is 3.61. The van der Waals surface area contributed by atoms with Gasteiger partial charge in [0.1, 0.15) is 12.2 Å². The molecule has 3 heterocycles. The van der Waals surface area contributed by atoms with Gasteiger partial charge >= 0.3 is 6.03 Å². The number of rotatable bonds is 7. The summed E-state index contributed by atoms with van der Waals surface area (Å²) < 4.78 is 0.930. The second-order valence-electron chi connectivity index (χ2n) is 11.8. The minimum Gasteiger partial charge on any atom is -0.375 e. The number of nitrogens with two attached hydrogens (primary N) is 1. The Morgan fingerprint density at radius 1 is 1.06 bits per heavy atom. The quantitative estimate of drug-likeness (QED) is 0.231.